The van der Waals surface area contributed by atoms with Crippen LogP contribution in [0.2, 0.25) is 0 Å². The van der Waals surface area contributed by atoms with Gasteiger partial charge in [-0.1, -0.05) is 0 Å². The van der Waals surface area contributed by atoms with Gasteiger partial charge in [0.05, 0.1) is 18.3 Å². The molecule has 0 unspecified atom stereocenters. The summed E-state index contributed by atoms with van der Waals surface area (Å²) in [5.74, 6) is -0.133. The lowest BCUT2D eigenvalue weighted by Gasteiger charge is -2.13. The first-order valence-corrected chi connectivity index (χ1v) is 5.76. The Bertz CT molecular complexity index is 435. The summed E-state index contributed by atoms with van der Waals surface area (Å²) in [6.07, 6.45) is -0.412. The zero-order valence-electron chi connectivity index (χ0n) is 10.6. The van der Waals surface area contributed by atoms with E-state index >= 15 is 0 Å². The molecule has 0 aliphatic carbocycles. The van der Waals surface area contributed by atoms with Crippen LogP contribution in [0.25, 0.3) is 0 Å². The number of aliphatic hydroxyl groups is 2. The van der Waals surface area contributed by atoms with Crippen LogP contribution >= 0.6 is 0 Å². The molecule has 100 valence electrons. The van der Waals surface area contributed by atoms with Gasteiger partial charge in [0.1, 0.15) is 5.82 Å². The number of nitrogens with zero attached hydrogens (tertiary/aromatic N) is 1. The van der Waals surface area contributed by atoms with Crippen molar-refractivity contribution in [1.82, 2.24) is 4.98 Å². The van der Waals surface area contributed by atoms with E-state index in [2.05, 4.69) is 10.3 Å². The Balaban J connectivity index is 2.80. The second-order valence-corrected chi connectivity index (χ2v) is 4.20. The number of amides is 1. The Labute approximate surface area is 106 Å². The number of rotatable bonds is 6. The summed E-state index contributed by atoms with van der Waals surface area (Å²) in [6, 6.07) is 1.69. The maximum absolute atomic E-state index is 11.3. The number of pyridine rings is 1. The predicted molar refractivity (Wildman–Crippen MR) is 68.4 cm³/mol. The van der Waals surface area contributed by atoms with E-state index in [0.29, 0.717) is 24.3 Å². The van der Waals surface area contributed by atoms with Crippen LogP contribution in [0.3, 0.4) is 0 Å². The van der Waals surface area contributed by atoms with Gasteiger partial charge in [0.15, 0.2) is 0 Å². The van der Waals surface area contributed by atoms with Crippen LogP contribution in [0.15, 0.2) is 6.07 Å². The van der Waals surface area contributed by atoms with Crippen LogP contribution in [0, 0.1) is 13.8 Å². The minimum atomic E-state index is -0.777. The highest BCUT2D eigenvalue weighted by atomic mass is 16.3. The Kier molecular flexibility index (Phi) is 5.06. The molecule has 1 heterocycles. The van der Waals surface area contributed by atoms with Gasteiger partial charge in [-0.2, -0.15) is 0 Å². The highest BCUT2D eigenvalue weighted by Crippen LogP contribution is 2.16. The number of carbonyl (C=O) groups excluding carboxylic acids is 1. The molecule has 1 atom stereocenters. The molecule has 0 saturated carbocycles. The van der Waals surface area contributed by atoms with E-state index in [1.165, 1.54) is 0 Å². The minimum absolute atomic E-state index is 0.287. The number of carbonyl (C=O) groups is 1. The molecule has 0 fully saturated rings. The number of primary amides is 1. The minimum Gasteiger partial charge on any atom is -0.394 e. The molecule has 1 rings (SSSR count). The van der Waals surface area contributed by atoms with E-state index in [1.807, 2.05) is 13.8 Å². The quantitative estimate of drug-likeness (QED) is 0.568. The van der Waals surface area contributed by atoms with Gasteiger partial charge in [-0.15, -0.1) is 0 Å². The van der Waals surface area contributed by atoms with Gasteiger partial charge in [0.25, 0.3) is 5.91 Å². The van der Waals surface area contributed by atoms with Crippen molar-refractivity contribution in [3.8, 4) is 0 Å². The van der Waals surface area contributed by atoms with Crippen LogP contribution in [0.5, 0.6) is 0 Å². The van der Waals surface area contributed by atoms with E-state index in [4.69, 9.17) is 10.8 Å². The number of nitrogens with two attached hydrogens (primary N) is 1. The van der Waals surface area contributed by atoms with Crippen LogP contribution in [-0.4, -0.2) is 40.4 Å². The van der Waals surface area contributed by atoms with Gasteiger partial charge < -0.3 is 21.3 Å². The standard InChI is InChI=1S/C12H19N3O3/c1-7-5-10(11(13)18)12(15-8(7)2)14-4-3-9(17)6-16/h5,9,16-17H,3-4,6H2,1-2H3,(H2,13,18)(H,14,15)/t9-/m1/s1. The number of nitrogens with one attached hydrogen (secondary N) is 1. The molecule has 1 amide bonds. The maximum atomic E-state index is 11.3. The average Bonchev–Trinajstić information content (AvgIpc) is 2.32. The SMILES string of the molecule is Cc1cc(C(N)=O)c(NCC[C@@H](O)CO)nc1C. The molecule has 0 bridgehead atoms. The molecule has 6 heteroatoms. The largest absolute Gasteiger partial charge is 0.394 e. The molecule has 0 spiro atoms. The molecular formula is C12H19N3O3. The zero-order chi connectivity index (χ0) is 13.7. The lowest BCUT2D eigenvalue weighted by molar-refractivity contribution is 0.0911. The predicted octanol–water partition coefficient (Wildman–Crippen LogP) is -0.0475. The van der Waals surface area contributed by atoms with Gasteiger partial charge >= 0.3 is 0 Å². The van der Waals surface area contributed by atoms with E-state index in [1.54, 1.807) is 6.07 Å². The Hall–Kier alpha value is -1.66. The molecule has 0 aromatic carbocycles. The van der Waals surface area contributed by atoms with Crippen molar-refractivity contribution in [2.45, 2.75) is 26.4 Å². The smallest absolute Gasteiger partial charge is 0.252 e. The molecule has 0 aliphatic rings. The van der Waals surface area contributed by atoms with Gasteiger partial charge in [0, 0.05) is 12.2 Å². The van der Waals surface area contributed by atoms with E-state index < -0.39 is 12.0 Å². The number of aromatic nitrogens is 1. The monoisotopic (exact) mass is 253 g/mol. The fraction of sp³-hybridized carbons (Fsp3) is 0.500. The first kappa shape index (κ1) is 14.4. The van der Waals surface area contributed by atoms with Crippen molar-refractivity contribution in [1.29, 1.82) is 0 Å². The lowest BCUT2D eigenvalue weighted by Crippen LogP contribution is -2.20. The van der Waals surface area contributed by atoms with Crippen molar-refractivity contribution >= 4 is 11.7 Å². The second kappa shape index (κ2) is 6.32. The number of aryl methyl sites for hydroxylation is 2. The summed E-state index contributed by atoms with van der Waals surface area (Å²) < 4.78 is 0. The first-order chi connectivity index (χ1) is 8.45. The van der Waals surface area contributed by atoms with Crippen molar-refractivity contribution in [2.24, 2.45) is 5.73 Å². The molecule has 0 saturated heterocycles. The molecule has 1 aromatic rings. The topological polar surface area (TPSA) is 108 Å². The van der Waals surface area contributed by atoms with Crippen molar-refractivity contribution in [3.05, 3.63) is 22.9 Å². The summed E-state index contributed by atoms with van der Waals surface area (Å²) in [5.41, 5.74) is 7.32. The van der Waals surface area contributed by atoms with Gasteiger partial charge in [-0.05, 0) is 31.9 Å². The van der Waals surface area contributed by atoms with Crippen molar-refractivity contribution in [2.75, 3.05) is 18.5 Å². The summed E-state index contributed by atoms with van der Waals surface area (Å²) in [5, 5.41) is 20.8. The summed E-state index contributed by atoms with van der Waals surface area (Å²) in [7, 11) is 0. The Morgan fingerprint density at radius 2 is 2.22 bits per heavy atom. The third kappa shape index (κ3) is 3.68. The van der Waals surface area contributed by atoms with Crippen LogP contribution in [0.1, 0.15) is 28.0 Å². The third-order valence-corrected chi connectivity index (χ3v) is 2.71. The number of hydrogen-bond acceptors (Lipinski definition) is 5. The number of aliphatic hydroxyl groups excluding tert-OH is 2. The van der Waals surface area contributed by atoms with E-state index in [-0.39, 0.29) is 6.61 Å². The van der Waals surface area contributed by atoms with Gasteiger partial charge in [0.2, 0.25) is 0 Å². The second-order valence-electron chi connectivity index (χ2n) is 4.20. The molecule has 6 nitrogen and oxygen atoms in total. The molecule has 5 N–H and O–H groups in total. The van der Waals surface area contributed by atoms with Crippen LogP contribution in [0.4, 0.5) is 5.82 Å². The summed E-state index contributed by atoms with van der Waals surface area (Å²) >= 11 is 0. The first-order valence-electron chi connectivity index (χ1n) is 5.76. The number of anilines is 1. The highest BCUT2D eigenvalue weighted by Gasteiger charge is 2.12. The molecule has 0 radical (unpaired) electrons. The molecule has 0 aliphatic heterocycles. The summed E-state index contributed by atoms with van der Waals surface area (Å²) in [4.78, 5) is 15.6. The fourth-order valence-electron chi connectivity index (χ4n) is 1.48. The molecule has 18 heavy (non-hydrogen) atoms. The highest BCUT2D eigenvalue weighted by molar-refractivity contribution is 5.97. The fourth-order valence-corrected chi connectivity index (χ4v) is 1.48. The van der Waals surface area contributed by atoms with E-state index in [0.717, 1.165) is 11.3 Å². The summed E-state index contributed by atoms with van der Waals surface area (Å²) in [6.45, 7) is 3.81. The van der Waals surface area contributed by atoms with Crippen LogP contribution < -0.4 is 11.1 Å². The zero-order valence-corrected chi connectivity index (χ0v) is 10.6. The Morgan fingerprint density at radius 1 is 1.56 bits per heavy atom. The van der Waals surface area contributed by atoms with Gasteiger partial charge in [-0.25, -0.2) is 4.98 Å². The van der Waals surface area contributed by atoms with Crippen molar-refractivity contribution < 1.29 is 15.0 Å². The van der Waals surface area contributed by atoms with Crippen molar-refractivity contribution in [3.63, 3.8) is 0 Å². The molecule has 1 aromatic heterocycles. The normalized spacial score (nSPS) is 12.2. The molecular weight excluding hydrogens is 234 g/mol. The maximum Gasteiger partial charge on any atom is 0.252 e. The van der Waals surface area contributed by atoms with Gasteiger partial charge in [-0.3, -0.25) is 4.79 Å². The van der Waals surface area contributed by atoms with E-state index in [9.17, 15) is 9.90 Å². The average molecular weight is 253 g/mol. The lowest BCUT2D eigenvalue weighted by atomic mass is 10.1. The van der Waals surface area contributed by atoms with Crippen LogP contribution in [-0.2, 0) is 0 Å². The number of hydrogen-bond donors (Lipinski definition) is 4. The Morgan fingerprint density at radius 3 is 2.78 bits per heavy atom. The third-order valence-electron chi connectivity index (χ3n) is 2.71.